The Morgan fingerprint density at radius 1 is 1.36 bits per heavy atom. The number of nitrogens with zero attached hydrogens (tertiary/aromatic N) is 1. The maximum Gasteiger partial charge on any atom is 0.338 e. The second-order valence-electron chi connectivity index (χ2n) is 6.43. The summed E-state index contributed by atoms with van der Waals surface area (Å²) >= 11 is 0. The maximum absolute atomic E-state index is 12.9. The molecule has 0 aromatic heterocycles. The molecule has 3 heterocycles. The lowest BCUT2D eigenvalue weighted by Crippen LogP contribution is -2.39. The molecule has 4 rings (SSSR count). The molecule has 1 aromatic carbocycles. The van der Waals surface area contributed by atoms with Crippen molar-refractivity contribution < 1.29 is 29.0 Å². The number of fused-ring (bicyclic) bond motifs is 1. The van der Waals surface area contributed by atoms with Crippen LogP contribution in [0, 0.1) is 11.8 Å². The first-order valence-corrected chi connectivity index (χ1v) is 8.15. The first-order chi connectivity index (χ1) is 12.0. The highest BCUT2D eigenvalue weighted by molar-refractivity contribution is 6.02. The van der Waals surface area contributed by atoms with Gasteiger partial charge in [-0.2, -0.15) is 0 Å². The second kappa shape index (κ2) is 5.42. The van der Waals surface area contributed by atoms with E-state index in [9.17, 15) is 19.5 Å². The first-order valence-electron chi connectivity index (χ1n) is 8.15. The van der Waals surface area contributed by atoms with Crippen molar-refractivity contribution in [3.05, 3.63) is 42.0 Å². The summed E-state index contributed by atoms with van der Waals surface area (Å²) < 4.78 is 10.8. The predicted molar refractivity (Wildman–Crippen MR) is 86.1 cm³/mol. The van der Waals surface area contributed by atoms with Gasteiger partial charge in [0.15, 0.2) is 0 Å². The van der Waals surface area contributed by atoms with Crippen molar-refractivity contribution in [1.82, 2.24) is 0 Å². The normalized spacial score (nSPS) is 32.1. The molecule has 3 aliphatic heterocycles. The van der Waals surface area contributed by atoms with E-state index in [2.05, 4.69) is 0 Å². The number of carboxylic acids is 1. The molecular formula is C18H17NO6. The fourth-order valence-corrected chi connectivity index (χ4v) is 3.99. The lowest BCUT2D eigenvalue weighted by molar-refractivity contribution is -0.146. The number of anilines is 1. The number of hydrogen-bond donors (Lipinski definition) is 1. The summed E-state index contributed by atoms with van der Waals surface area (Å²) in [5.41, 5.74) is 0.132. The van der Waals surface area contributed by atoms with Crippen LogP contribution in [0.2, 0.25) is 0 Å². The van der Waals surface area contributed by atoms with Crippen molar-refractivity contribution in [2.45, 2.75) is 18.6 Å². The van der Waals surface area contributed by atoms with Crippen LogP contribution in [0.25, 0.3) is 0 Å². The lowest BCUT2D eigenvalue weighted by atomic mass is 9.77. The topological polar surface area (TPSA) is 93.1 Å². The van der Waals surface area contributed by atoms with Crippen LogP contribution in [-0.4, -0.2) is 47.8 Å². The number of hydrogen-bond acceptors (Lipinski definition) is 5. The number of carbonyl (C=O) groups excluding carboxylic acids is 2. The van der Waals surface area contributed by atoms with Gasteiger partial charge in [0.25, 0.3) is 0 Å². The maximum atomic E-state index is 12.9. The minimum Gasteiger partial charge on any atom is -0.481 e. The first kappa shape index (κ1) is 15.8. The minimum absolute atomic E-state index is 0.261. The predicted octanol–water partition coefficient (Wildman–Crippen LogP) is 1.23. The SMILES string of the molecule is CCOC(=O)c1ccc(N2C[C@@]34C=C[C@@H](O3)C(C(=O)O)C4C2=O)cc1. The zero-order valence-electron chi connectivity index (χ0n) is 13.5. The summed E-state index contributed by atoms with van der Waals surface area (Å²) in [6, 6.07) is 6.51. The summed E-state index contributed by atoms with van der Waals surface area (Å²) in [6.45, 7) is 2.29. The third-order valence-electron chi connectivity index (χ3n) is 5.08. The molecule has 1 amide bonds. The smallest absolute Gasteiger partial charge is 0.338 e. The van der Waals surface area contributed by atoms with Crippen LogP contribution < -0.4 is 4.90 Å². The number of benzene rings is 1. The average molecular weight is 343 g/mol. The van der Waals surface area contributed by atoms with Crippen LogP contribution in [0.3, 0.4) is 0 Å². The van der Waals surface area contributed by atoms with E-state index >= 15 is 0 Å². The van der Waals surface area contributed by atoms with E-state index in [-0.39, 0.29) is 19.1 Å². The van der Waals surface area contributed by atoms with Gasteiger partial charge in [-0.05, 0) is 31.2 Å². The Bertz CT molecular complexity index is 785. The fourth-order valence-electron chi connectivity index (χ4n) is 3.99. The van der Waals surface area contributed by atoms with E-state index in [0.717, 1.165) is 0 Å². The monoisotopic (exact) mass is 343 g/mol. The molecule has 1 N–H and O–H groups in total. The lowest BCUT2D eigenvalue weighted by Gasteiger charge is -2.21. The third-order valence-corrected chi connectivity index (χ3v) is 5.08. The molecule has 2 saturated heterocycles. The molecule has 3 aliphatic rings. The van der Waals surface area contributed by atoms with Gasteiger partial charge in [-0.25, -0.2) is 4.79 Å². The van der Waals surface area contributed by atoms with Gasteiger partial charge in [-0.3, -0.25) is 9.59 Å². The van der Waals surface area contributed by atoms with Crippen molar-refractivity contribution in [1.29, 1.82) is 0 Å². The zero-order valence-corrected chi connectivity index (χ0v) is 13.5. The standard InChI is InChI=1S/C18H17NO6/c1-2-24-17(23)10-3-5-11(6-4-10)19-9-18-8-7-12(25-18)13(16(21)22)14(18)15(19)20/h3-8,12-14H,2,9H2,1H3,(H,21,22)/t12-,13?,14?,18-/m1/s1. The molecule has 2 fully saturated rings. The second-order valence-corrected chi connectivity index (χ2v) is 6.43. The van der Waals surface area contributed by atoms with Gasteiger partial charge in [0, 0.05) is 5.69 Å². The number of esters is 1. The summed E-state index contributed by atoms with van der Waals surface area (Å²) in [7, 11) is 0. The van der Waals surface area contributed by atoms with Gasteiger partial charge >= 0.3 is 11.9 Å². The number of rotatable bonds is 4. The van der Waals surface area contributed by atoms with Crippen LogP contribution in [0.1, 0.15) is 17.3 Å². The molecule has 2 bridgehead atoms. The summed E-state index contributed by atoms with van der Waals surface area (Å²) in [5, 5.41) is 9.47. The van der Waals surface area contributed by atoms with Gasteiger partial charge < -0.3 is 19.5 Å². The molecule has 130 valence electrons. The Morgan fingerprint density at radius 2 is 2.08 bits per heavy atom. The highest BCUT2D eigenvalue weighted by Gasteiger charge is 2.67. The largest absolute Gasteiger partial charge is 0.481 e. The van der Waals surface area contributed by atoms with E-state index in [0.29, 0.717) is 11.3 Å². The molecule has 7 heteroatoms. The van der Waals surface area contributed by atoms with Crippen molar-refractivity contribution >= 4 is 23.5 Å². The van der Waals surface area contributed by atoms with Gasteiger partial charge in [0.1, 0.15) is 11.5 Å². The van der Waals surface area contributed by atoms with E-state index < -0.39 is 35.5 Å². The van der Waals surface area contributed by atoms with Gasteiger partial charge in [-0.1, -0.05) is 12.2 Å². The van der Waals surface area contributed by atoms with Gasteiger partial charge in [-0.15, -0.1) is 0 Å². The molecule has 25 heavy (non-hydrogen) atoms. The van der Waals surface area contributed by atoms with E-state index in [1.54, 1.807) is 37.3 Å². The number of carbonyl (C=O) groups is 3. The number of ether oxygens (including phenoxy) is 2. The fraction of sp³-hybridized carbons (Fsp3) is 0.389. The number of amides is 1. The Labute approximate surface area is 143 Å². The molecular weight excluding hydrogens is 326 g/mol. The highest BCUT2D eigenvalue weighted by atomic mass is 16.5. The van der Waals surface area contributed by atoms with Crippen molar-refractivity contribution in [3.63, 3.8) is 0 Å². The molecule has 0 radical (unpaired) electrons. The number of carboxylic acid groups (broad SMARTS) is 1. The Hall–Kier alpha value is -2.67. The Kier molecular flexibility index (Phi) is 3.43. The van der Waals surface area contributed by atoms with Crippen LogP contribution in [0.5, 0.6) is 0 Å². The molecule has 2 unspecified atom stereocenters. The van der Waals surface area contributed by atoms with Crippen molar-refractivity contribution in [3.8, 4) is 0 Å². The zero-order chi connectivity index (χ0) is 17.8. The molecule has 7 nitrogen and oxygen atoms in total. The van der Waals surface area contributed by atoms with E-state index in [4.69, 9.17) is 9.47 Å². The molecule has 1 aromatic rings. The Balaban J connectivity index is 1.61. The van der Waals surface area contributed by atoms with Crippen LogP contribution in [0.15, 0.2) is 36.4 Å². The van der Waals surface area contributed by atoms with Crippen LogP contribution in [0.4, 0.5) is 5.69 Å². The minimum atomic E-state index is -1.02. The van der Waals surface area contributed by atoms with Gasteiger partial charge in [0.05, 0.1) is 30.7 Å². The summed E-state index contributed by atoms with van der Waals surface area (Å²) in [6.07, 6.45) is 3.00. The molecule has 4 atom stereocenters. The Morgan fingerprint density at radius 3 is 2.72 bits per heavy atom. The van der Waals surface area contributed by atoms with E-state index in [1.165, 1.54) is 4.90 Å². The number of aliphatic carboxylic acids is 1. The molecule has 1 spiro atoms. The average Bonchev–Trinajstić information content (AvgIpc) is 3.23. The van der Waals surface area contributed by atoms with Crippen LogP contribution >= 0.6 is 0 Å². The quantitative estimate of drug-likeness (QED) is 0.653. The van der Waals surface area contributed by atoms with E-state index in [1.807, 2.05) is 6.08 Å². The molecule has 0 aliphatic carbocycles. The van der Waals surface area contributed by atoms with Crippen molar-refractivity contribution in [2.75, 3.05) is 18.1 Å². The summed E-state index contributed by atoms with van der Waals surface area (Å²) in [4.78, 5) is 37.7. The van der Waals surface area contributed by atoms with Crippen molar-refractivity contribution in [2.24, 2.45) is 11.8 Å². The third kappa shape index (κ3) is 2.19. The molecule has 0 saturated carbocycles. The summed E-state index contributed by atoms with van der Waals surface area (Å²) in [5.74, 6) is -3.28. The highest BCUT2D eigenvalue weighted by Crippen LogP contribution is 2.52. The van der Waals surface area contributed by atoms with Gasteiger partial charge in [0.2, 0.25) is 5.91 Å². The van der Waals surface area contributed by atoms with Crippen LogP contribution in [-0.2, 0) is 19.1 Å².